The number of carbonyl (C=O) groups is 1. The number of nitrogens with one attached hydrogen (secondary N) is 2. The third-order valence-electron chi connectivity index (χ3n) is 4.07. The van der Waals surface area contributed by atoms with Gasteiger partial charge in [-0.1, -0.05) is 12.8 Å². The highest BCUT2D eigenvalue weighted by atomic mass is 127. The van der Waals surface area contributed by atoms with E-state index < -0.39 is 12.7 Å². The van der Waals surface area contributed by atoms with Gasteiger partial charge in [-0.3, -0.25) is 14.7 Å². The summed E-state index contributed by atoms with van der Waals surface area (Å²) in [5, 5.41) is 6.35. The first-order chi connectivity index (χ1) is 11.8. The van der Waals surface area contributed by atoms with E-state index in [1.54, 1.807) is 7.05 Å². The van der Waals surface area contributed by atoms with Gasteiger partial charge in [0, 0.05) is 39.1 Å². The fourth-order valence-corrected chi connectivity index (χ4v) is 2.79. The van der Waals surface area contributed by atoms with E-state index in [1.807, 2.05) is 0 Å². The molecular weight excluding hydrogens is 464 g/mol. The highest BCUT2D eigenvalue weighted by Gasteiger charge is 2.34. The summed E-state index contributed by atoms with van der Waals surface area (Å²) in [5.41, 5.74) is 0. The Hall–Kier alpha value is -0.780. The molecule has 0 bridgehead atoms. The largest absolute Gasteiger partial charge is 0.469 e. The minimum atomic E-state index is -4.15. The monoisotopic (exact) mass is 494 g/mol. The van der Waals surface area contributed by atoms with Gasteiger partial charge in [0.05, 0.1) is 13.7 Å². The molecule has 154 valence electrons. The third-order valence-corrected chi connectivity index (χ3v) is 4.07. The molecular formula is C16H30F3IN4O2. The summed E-state index contributed by atoms with van der Waals surface area (Å²) in [4.78, 5) is 16.5. The summed E-state index contributed by atoms with van der Waals surface area (Å²) in [6.07, 6.45) is 0.668. The van der Waals surface area contributed by atoms with Crippen LogP contribution in [0.1, 0.15) is 38.5 Å². The number of ether oxygens (including phenoxy) is 1. The van der Waals surface area contributed by atoms with Crippen molar-refractivity contribution in [3.05, 3.63) is 0 Å². The number of methoxy groups -OCH3 is 1. The van der Waals surface area contributed by atoms with Gasteiger partial charge >= 0.3 is 12.1 Å². The van der Waals surface area contributed by atoms with E-state index in [2.05, 4.69) is 20.4 Å². The normalized spacial score (nSPS) is 18.3. The zero-order valence-electron chi connectivity index (χ0n) is 15.4. The molecule has 1 aliphatic rings. The minimum Gasteiger partial charge on any atom is -0.469 e. The van der Waals surface area contributed by atoms with Gasteiger partial charge in [0.15, 0.2) is 5.96 Å². The molecule has 1 aliphatic heterocycles. The molecule has 1 fully saturated rings. The van der Waals surface area contributed by atoms with Gasteiger partial charge in [-0.2, -0.15) is 13.2 Å². The molecule has 26 heavy (non-hydrogen) atoms. The highest BCUT2D eigenvalue weighted by molar-refractivity contribution is 14.0. The van der Waals surface area contributed by atoms with Crippen LogP contribution in [0.25, 0.3) is 0 Å². The number of rotatable bonds is 9. The number of halogens is 4. The topological polar surface area (TPSA) is 66.0 Å². The molecule has 1 atom stereocenters. The van der Waals surface area contributed by atoms with Crippen molar-refractivity contribution < 1.29 is 22.7 Å². The van der Waals surface area contributed by atoms with Crippen molar-refractivity contribution in [1.29, 1.82) is 0 Å². The zero-order valence-corrected chi connectivity index (χ0v) is 17.7. The number of hydrogen-bond donors (Lipinski definition) is 2. The van der Waals surface area contributed by atoms with E-state index in [4.69, 9.17) is 0 Å². The van der Waals surface area contributed by atoms with Gasteiger partial charge in [-0.05, 0) is 19.3 Å². The summed E-state index contributed by atoms with van der Waals surface area (Å²) in [7, 11) is 3.03. The molecule has 1 unspecified atom stereocenters. The minimum absolute atomic E-state index is 0. The molecule has 0 saturated carbocycles. The Morgan fingerprint density at radius 2 is 1.96 bits per heavy atom. The van der Waals surface area contributed by atoms with E-state index in [1.165, 1.54) is 12.0 Å². The number of nitrogens with zero attached hydrogens (tertiary/aromatic N) is 2. The Morgan fingerprint density at radius 1 is 1.27 bits per heavy atom. The number of esters is 1. The van der Waals surface area contributed by atoms with Crippen LogP contribution in [0, 0.1) is 0 Å². The standard InChI is InChI=1S/C16H29F3N4O2.HI/c1-20-15(21-9-6-4-3-5-7-14(24)25-2)22-13-8-10-23(11-13)12-16(17,18)19;/h13H,3-12H2,1-2H3,(H2,20,21,22);1H. The Kier molecular flexibility index (Phi) is 13.0. The second-order valence-corrected chi connectivity index (χ2v) is 6.22. The quantitative estimate of drug-likeness (QED) is 0.170. The Labute approximate surface area is 170 Å². The molecule has 0 aromatic rings. The number of guanidine groups is 1. The van der Waals surface area contributed by atoms with E-state index >= 15 is 0 Å². The molecule has 1 saturated heterocycles. The second-order valence-electron chi connectivity index (χ2n) is 6.22. The van der Waals surface area contributed by atoms with Gasteiger partial charge < -0.3 is 15.4 Å². The van der Waals surface area contributed by atoms with Crippen molar-refractivity contribution in [3.8, 4) is 0 Å². The first kappa shape index (κ1) is 25.2. The first-order valence-corrected chi connectivity index (χ1v) is 8.67. The molecule has 0 aliphatic carbocycles. The Balaban J connectivity index is 0.00000625. The average molecular weight is 494 g/mol. The van der Waals surface area contributed by atoms with Crippen LogP contribution in [-0.4, -0.2) is 69.4 Å². The van der Waals surface area contributed by atoms with Gasteiger partial charge in [0.2, 0.25) is 0 Å². The summed E-state index contributed by atoms with van der Waals surface area (Å²) in [5.74, 6) is 0.437. The maximum absolute atomic E-state index is 12.4. The number of hydrogen-bond acceptors (Lipinski definition) is 4. The predicted octanol–water partition coefficient (Wildman–Crippen LogP) is 2.53. The fraction of sp³-hybridized carbons (Fsp3) is 0.875. The summed E-state index contributed by atoms with van der Waals surface area (Å²) >= 11 is 0. The van der Waals surface area contributed by atoms with E-state index in [0.29, 0.717) is 31.9 Å². The SMILES string of the molecule is CN=C(NCCCCCCC(=O)OC)NC1CCN(CC(F)(F)F)C1.I. The van der Waals surface area contributed by atoms with Crippen LogP contribution in [0.2, 0.25) is 0 Å². The Morgan fingerprint density at radius 3 is 2.58 bits per heavy atom. The van der Waals surface area contributed by atoms with Crippen LogP contribution in [0.5, 0.6) is 0 Å². The molecule has 0 aromatic heterocycles. The lowest BCUT2D eigenvalue weighted by atomic mass is 10.1. The van der Waals surface area contributed by atoms with Crippen molar-refractivity contribution in [2.24, 2.45) is 4.99 Å². The van der Waals surface area contributed by atoms with Gasteiger partial charge in [-0.25, -0.2) is 0 Å². The number of aliphatic imine (C=N–C) groups is 1. The molecule has 0 aromatic carbocycles. The van der Waals surface area contributed by atoms with Crippen LogP contribution in [0.3, 0.4) is 0 Å². The zero-order chi connectivity index (χ0) is 18.7. The Bertz CT molecular complexity index is 436. The van der Waals surface area contributed by atoms with Gasteiger partial charge in [0.25, 0.3) is 0 Å². The first-order valence-electron chi connectivity index (χ1n) is 8.67. The van der Waals surface area contributed by atoms with Gasteiger partial charge in [-0.15, -0.1) is 24.0 Å². The lowest BCUT2D eigenvalue weighted by Gasteiger charge is -2.19. The predicted molar refractivity (Wildman–Crippen MR) is 106 cm³/mol. The highest BCUT2D eigenvalue weighted by Crippen LogP contribution is 2.19. The average Bonchev–Trinajstić information content (AvgIpc) is 2.97. The maximum atomic E-state index is 12.4. The van der Waals surface area contributed by atoms with E-state index in [-0.39, 0.29) is 36.0 Å². The van der Waals surface area contributed by atoms with Crippen LogP contribution < -0.4 is 10.6 Å². The lowest BCUT2D eigenvalue weighted by Crippen LogP contribution is -2.45. The molecule has 10 heteroatoms. The van der Waals surface area contributed by atoms with Crippen molar-refractivity contribution in [1.82, 2.24) is 15.5 Å². The summed E-state index contributed by atoms with van der Waals surface area (Å²) in [6, 6.07) is -0.0198. The molecule has 0 spiro atoms. The van der Waals surface area contributed by atoms with E-state index in [0.717, 1.165) is 32.2 Å². The van der Waals surface area contributed by atoms with Crippen molar-refractivity contribution in [3.63, 3.8) is 0 Å². The fourth-order valence-electron chi connectivity index (χ4n) is 2.79. The van der Waals surface area contributed by atoms with Crippen LogP contribution in [0.15, 0.2) is 4.99 Å². The molecule has 1 heterocycles. The van der Waals surface area contributed by atoms with Crippen molar-refractivity contribution in [2.45, 2.75) is 50.7 Å². The molecule has 0 radical (unpaired) electrons. The van der Waals surface area contributed by atoms with E-state index in [9.17, 15) is 18.0 Å². The third kappa shape index (κ3) is 11.8. The van der Waals surface area contributed by atoms with Crippen LogP contribution in [-0.2, 0) is 9.53 Å². The molecule has 6 nitrogen and oxygen atoms in total. The molecule has 0 amide bonds. The lowest BCUT2D eigenvalue weighted by molar-refractivity contribution is -0.143. The number of alkyl halides is 3. The number of carbonyl (C=O) groups excluding carboxylic acids is 1. The smallest absolute Gasteiger partial charge is 0.401 e. The van der Waals surface area contributed by atoms with Crippen LogP contribution >= 0.6 is 24.0 Å². The molecule has 1 rings (SSSR count). The van der Waals surface area contributed by atoms with Crippen molar-refractivity contribution >= 4 is 35.9 Å². The number of likely N-dealkylation sites (tertiary alicyclic amines) is 1. The molecule has 2 N–H and O–H groups in total. The summed E-state index contributed by atoms with van der Waals surface area (Å²) < 4.78 is 41.8. The maximum Gasteiger partial charge on any atom is 0.401 e. The van der Waals surface area contributed by atoms with Gasteiger partial charge in [0.1, 0.15) is 0 Å². The number of unbranched alkanes of at least 4 members (excludes halogenated alkanes) is 3. The second kappa shape index (κ2) is 13.4. The summed E-state index contributed by atoms with van der Waals surface area (Å²) in [6.45, 7) is 0.682. The van der Waals surface area contributed by atoms with Crippen molar-refractivity contribution in [2.75, 3.05) is 40.3 Å². The van der Waals surface area contributed by atoms with Crippen LogP contribution in [0.4, 0.5) is 13.2 Å².